The summed E-state index contributed by atoms with van der Waals surface area (Å²) in [6.45, 7) is 0. The van der Waals surface area contributed by atoms with E-state index in [0.717, 1.165) is 21.2 Å². The Kier molecular flexibility index (Phi) is 6.40. The third-order valence-electron chi connectivity index (χ3n) is 5.10. The van der Waals surface area contributed by atoms with E-state index in [1.807, 2.05) is 42.5 Å². The summed E-state index contributed by atoms with van der Waals surface area (Å²) in [5, 5.41) is 9.07. The number of aromatic nitrogens is 2. The smallest absolute Gasteiger partial charge is 0.277 e. The van der Waals surface area contributed by atoms with Crippen LogP contribution < -0.4 is 14.4 Å². The Balaban J connectivity index is 1.37. The fourth-order valence-corrected chi connectivity index (χ4v) is 5.35. The largest absolute Gasteiger partial charge is 0.497 e. The van der Waals surface area contributed by atoms with Crippen molar-refractivity contribution in [1.29, 1.82) is 0 Å². The van der Waals surface area contributed by atoms with Crippen LogP contribution in [0.5, 0.6) is 11.5 Å². The molecular formula is C24H18ClN3O4S2. The summed E-state index contributed by atoms with van der Waals surface area (Å²) in [7, 11) is 3.14. The maximum Gasteiger partial charge on any atom is 0.277 e. The molecule has 4 aromatic rings. The first-order valence-corrected chi connectivity index (χ1v) is 12.3. The molecule has 10 heteroatoms. The average Bonchev–Trinajstić information content (AvgIpc) is 3.34. The van der Waals surface area contributed by atoms with Crippen molar-refractivity contribution in [2.24, 2.45) is 0 Å². The van der Waals surface area contributed by atoms with Crippen LogP contribution in [-0.4, -0.2) is 36.1 Å². The minimum atomic E-state index is -0.122. The van der Waals surface area contributed by atoms with Crippen molar-refractivity contribution >= 4 is 52.4 Å². The third-order valence-corrected chi connectivity index (χ3v) is 7.27. The zero-order chi connectivity index (χ0) is 23.7. The van der Waals surface area contributed by atoms with E-state index in [1.54, 1.807) is 49.1 Å². The Hall–Kier alpha value is -3.14. The summed E-state index contributed by atoms with van der Waals surface area (Å²) in [5.41, 5.74) is 2.22. The summed E-state index contributed by atoms with van der Waals surface area (Å²) in [6.07, 6.45) is 0. The lowest BCUT2D eigenvalue weighted by molar-refractivity contribution is -0.115. The minimum absolute atomic E-state index is 0.104. The fraction of sp³-hybridized carbons (Fsp3) is 0.125. The van der Waals surface area contributed by atoms with Gasteiger partial charge in [0.1, 0.15) is 11.5 Å². The molecular weight excluding hydrogens is 494 g/mol. The molecule has 0 atom stereocenters. The number of ether oxygens (including phenoxy) is 2. The van der Waals surface area contributed by atoms with Crippen molar-refractivity contribution in [3.05, 3.63) is 65.7 Å². The van der Waals surface area contributed by atoms with Gasteiger partial charge in [0.2, 0.25) is 5.91 Å². The van der Waals surface area contributed by atoms with Crippen molar-refractivity contribution in [1.82, 2.24) is 10.2 Å². The molecule has 1 aliphatic rings. The van der Waals surface area contributed by atoms with E-state index in [9.17, 15) is 4.79 Å². The molecule has 3 aromatic carbocycles. The second-order valence-electron chi connectivity index (χ2n) is 7.14. The molecule has 1 amide bonds. The van der Waals surface area contributed by atoms with Crippen LogP contribution in [0.3, 0.4) is 0 Å². The SMILES string of the molecule is COc1ccc(-c2nnc(SCC(=O)N3c4ccccc4Sc4ccc(Cl)cc43)o2)c(OC)c1. The van der Waals surface area contributed by atoms with Gasteiger partial charge in [-0.05, 0) is 42.5 Å². The molecule has 0 aliphatic carbocycles. The number of rotatable bonds is 6. The second kappa shape index (κ2) is 9.61. The van der Waals surface area contributed by atoms with Crippen LogP contribution in [0, 0.1) is 0 Å². The molecule has 172 valence electrons. The molecule has 0 saturated carbocycles. The van der Waals surface area contributed by atoms with E-state index in [4.69, 9.17) is 25.5 Å². The van der Waals surface area contributed by atoms with E-state index >= 15 is 0 Å². The van der Waals surface area contributed by atoms with E-state index in [-0.39, 0.29) is 16.9 Å². The highest BCUT2D eigenvalue weighted by molar-refractivity contribution is 8.00. The Labute approximate surface area is 209 Å². The van der Waals surface area contributed by atoms with Gasteiger partial charge >= 0.3 is 0 Å². The number of anilines is 2. The van der Waals surface area contributed by atoms with Crippen LogP contribution in [0.15, 0.2) is 80.1 Å². The average molecular weight is 512 g/mol. The number of hydrogen-bond acceptors (Lipinski definition) is 8. The van der Waals surface area contributed by atoms with E-state index in [2.05, 4.69) is 10.2 Å². The molecule has 2 heterocycles. The van der Waals surface area contributed by atoms with Crippen LogP contribution in [-0.2, 0) is 4.79 Å². The fourth-order valence-electron chi connectivity index (χ4n) is 3.54. The zero-order valence-corrected chi connectivity index (χ0v) is 20.5. The Bertz CT molecular complexity index is 1380. The van der Waals surface area contributed by atoms with Crippen molar-refractivity contribution in [2.45, 2.75) is 15.0 Å². The van der Waals surface area contributed by atoms with Crippen LogP contribution in [0.2, 0.25) is 5.02 Å². The molecule has 0 spiro atoms. The van der Waals surface area contributed by atoms with Gasteiger partial charge in [-0.3, -0.25) is 9.69 Å². The molecule has 34 heavy (non-hydrogen) atoms. The highest BCUT2D eigenvalue weighted by Crippen LogP contribution is 2.49. The summed E-state index contributed by atoms with van der Waals surface area (Å²) in [5.74, 6) is 1.48. The Morgan fingerprint density at radius 2 is 1.85 bits per heavy atom. The van der Waals surface area contributed by atoms with Crippen molar-refractivity contribution in [3.8, 4) is 23.0 Å². The van der Waals surface area contributed by atoms with Gasteiger partial charge in [-0.25, -0.2) is 0 Å². The normalized spacial score (nSPS) is 12.1. The third kappa shape index (κ3) is 4.34. The molecule has 0 N–H and O–H groups in total. The zero-order valence-electron chi connectivity index (χ0n) is 18.1. The van der Waals surface area contributed by atoms with Crippen LogP contribution in [0.1, 0.15) is 0 Å². The first-order valence-electron chi connectivity index (χ1n) is 10.2. The monoisotopic (exact) mass is 511 g/mol. The Morgan fingerprint density at radius 3 is 2.68 bits per heavy atom. The number of thioether (sulfide) groups is 1. The highest BCUT2D eigenvalue weighted by Gasteiger charge is 2.29. The quantitative estimate of drug-likeness (QED) is 0.278. The van der Waals surface area contributed by atoms with Gasteiger partial charge in [0, 0.05) is 20.9 Å². The first kappa shape index (κ1) is 22.6. The van der Waals surface area contributed by atoms with E-state index in [0.29, 0.717) is 28.0 Å². The number of nitrogens with zero attached hydrogens (tertiary/aromatic N) is 3. The summed E-state index contributed by atoms with van der Waals surface area (Å²) < 4.78 is 16.5. The lowest BCUT2D eigenvalue weighted by Gasteiger charge is -2.31. The number of amides is 1. The number of hydrogen-bond donors (Lipinski definition) is 0. The lowest BCUT2D eigenvalue weighted by atomic mass is 10.2. The molecule has 0 radical (unpaired) electrons. The number of carbonyl (C=O) groups is 1. The molecule has 0 saturated heterocycles. The van der Waals surface area contributed by atoms with Crippen LogP contribution >= 0.6 is 35.1 Å². The van der Waals surface area contributed by atoms with Gasteiger partial charge < -0.3 is 13.9 Å². The van der Waals surface area contributed by atoms with Crippen molar-refractivity contribution < 1.29 is 18.7 Å². The number of fused-ring (bicyclic) bond motifs is 2. The predicted molar refractivity (Wildman–Crippen MR) is 133 cm³/mol. The number of carbonyl (C=O) groups excluding carboxylic acids is 1. The maximum absolute atomic E-state index is 13.4. The predicted octanol–water partition coefficient (Wildman–Crippen LogP) is 6.33. The van der Waals surface area contributed by atoms with Gasteiger partial charge in [-0.2, -0.15) is 0 Å². The Morgan fingerprint density at radius 1 is 1.03 bits per heavy atom. The standard InChI is InChI=1S/C24H18ClN3O4S2/c1-30-15-8-9-16(19(12-15)31-2)23-26-27-24(32-23)33-13-22(29)28-17-5-3-4-6-20(17)34-21-10-7-14(25)11-18(21)28/h3-12H,13H2,1-2H3. The number of halogens is 1. The van der Waals surface area contributed by atoms with E-state index in [1.165, 1.54) is 11.8 Å². The highest BCUT2D eigenvalue weighted by atomic mass is 35.5. The maximum atomic E-state index is 13.4. The second-order valence-corrected chi connectivity index (χ2v) is 9.59. The van der Waals surface area contributed by atoms with Crippen molar-refractivity contribution in [2.75, 3.05) is 24.9 Å². The number of benzene rings is 3. The number of methoxy groups -OCH3 is 2. The van der Waals surface area contributed by atoms with Crippen LogP contribution in [0.25, 0.3) is 11.5 Å². The molecule has 5 rings (SSSR count). The van der Waals surface area contributed by atoms with Gasteiger partial charge in [0.15, 0.2) is 0 Å². The molecule has 7 nitrogen and oxygen atoms in total. The molecule has 1 aromatic heterocycles. The summed E-state index contributed by atoms with van der Waals surface area (Å²) in [4.78, 5) is 17.1. The summed E-state index contributed by atoms with van der Waals surface area (Å²) >= 11 is 9.04. The summed E-state index contributed by atoms with van der Waals surface area (Å²) in [6, 6.07) is 18.7. The topological polar surface area (TPSA) is 77.7 Å². The molecule has 0 unspecified atom stereocenters. The van der Waals surface area contributed by atoms with Gasteiger partial charge in [0.05, 0.1) is 36.9 Å². The van der Waals surface area contributed by atoms with Crippen molar-refractivity contribution in [3.63, 3.8) is 0 Å². The lowest BCUT2D eigenvalue weighted by Crippen LogP contribution is -2.30. The molecule has 0 bridgehead atoms. The minimum Gasteiger partial charge on any atom is -0.497 e. The van der Waals surface area contributed by atoms with Gasteiger partial charge in [0.25, 0.3) is 11.1 Å². The van der Waals surface area contributed by atoms with Crippen LogP contribution in [0.4, 0.5) is 11.4 Å². The molecule has 1 aliphatic heterocycles. The van der Waals surface area contributed by atoms with E-state index < -0.39 is 0 Å². The van der Waals surface area contributed by atoms with Gasteiger partial charge in [-0.15, -0.1) is 10.2 Å². The van der Waals surface area contributed by atoms with Gasteiger partial charge in [-0.1, -0.05) is 47.3 Å². The first-order chi connectivity index (χ1) is 16.6. The number of para-hydroxylation sites is 1. The molecule has 0 fully saturated rings.